The summed E-state index contributed by atoms with van der Waals surface area (Å²) in [7, 11) is 0. The Morgan fingerprint density at radius 2 is 2.21 bits per heavy atom. The maximum Gasteiger partial charge on any atom is 0.310 e. The van der Waals surface area contributed by atoms with Crippen LogP contribution in [0.5, 0.6) is 0 Å². The Kier molecular flexibility index (Phi) is 3.72. The number of furan rings is 1. The first kappa shape index (κ1) is 14.1. The van der Waals surface area contributed by atoms with E-state index >= 15 is 0 Å². The molecule has 0 aromatic carbocycles. The topological polar surface area (TPSA) is 53.7 Å². The molecule has 2 rings (SSSR count). The molecule has 19 heavy (non-hydrogen) atoms. The molecule has 1 aromatic heterocycles. The Balaban J connectivity index is 2.18. The molecule has 2 atom stereocenters. The van der Waals surface area contributed by atoms with E-state index in [1.807, 2.05) is 20.8 Å². The number of piperidine rings is 1. The molecule has 0 spiro atoms. The second kappa shape index (κ2) is 5.00. The number of carboxylic acid groups (broad SMARTS) is 1. The maximum atomic E-state index is 11.4. The van der Waals surface area contributed by atoms with Crippen molar-refractivity contribution < 1.29 is 14.3 Å². The molecule has 4 heteroatoms. The van der Waals surface area contributed by atoms with Gasteiger partial charge in [0.05, 0.1) is 5.41 Å². The fourth-order valence-electron chi connectivity index (χ4n) is 3.05. The second-order valence-corrected chi connectivity index (χ2v) is 5.98. The summed E-state index contributed by atoms with van der Waals surface area (Å²) in [5.41, 5.74) is 0.547. The molecule has 2 heterocycles. The lowest BCUT2D eigenvalue weighted by molar-refractivity contribution is -0.151. The van der Waals surface area contributed by atoms with Crippen LogP contribution in [0.3, 0.4) is 0 Å². The van der Waals surface area contributed by atoms with Gasteiger partial charge in [0.1, 0.15) is 11.5 Å². The quantitative estimate of drug-likeness (QED) is 0.912. The largest absolute Gasteiger partial charge is 0.481 e. The third-order valence-corrected chi connectivity index (χ3v) is 4.32. The molecule has 4 nitrogen and oxygen atoms in total. The zero-order valence-corrected chi connectivity index (χ0v) is 12.2. The number of hydrogen-bond donors (Lipinski definition) is 1. The van der Waals surface area contributed by atoms with Crippen LogP contribution in [-0.2, 0) is 4.79 Å². The number of hydrogen-bond acceptors (Lipinski definition) is 3. The van der Waals surface area contributed by atoms with Crippen LogP contribution < -0.4 is 0 Å². The van der Waals surface area contributed by atoms with Crippen molar-refractivity contribution in [3.05, 3.63) is 23.2 Å². The Bertz CT molecular complexity index is 480. The molecular formula is C15H23NO3. The van der Waals surface area contributed by atoms with Gasteiger partial charge in [-0.25, -0.2) is 0 Å². The van der Waals surface area contributed by atoms with Crippen LogP contribution in [0.1, 0.15) is 49.8 Å². The van der Waals surface area contributed by atoms with Gasteiger partial charge >= 0.3 is 5.97 Å². The van der Waals surface area contributed by atoms with E-state index in [0.717, 1.165) is 30.9 Å². The summed E-state index contributed by atoms with van der Waals surface area (Å²) in [4.78, 5) is 13.7. The number of carbonyl (C=O) groups is 1. The Morgan fingerprint density at radius 1 is 1.53 bits per heavy atom. The molecule has 1 aliphatic heterocycles. The van der Waals surface area contributed by atoms with Crippen LogP contribution in [0.4, 0.5) is 0 Å². The number of aryl methyl sites for hydroxylation is 2. The van der Waals surface area contributed by atoms with Gasteiger partial charge in [0.2, 0.25) is 0 Å². The van der Waals surface area contributed by atoms with Gasteiger partial charge in [-0.1, -0.05) is 0 Å². The molecule has 106 valence electrons. The predicted molar refractivity (Wildman–Crippen MR) is 73.1 cm³/mol. The maximum absolute atomic E-state index is 11.4. The molecule has 0 aliphatic carbocycles. The van der Waals surface area contributed by atoms with Crippen molar-refractivity contribution in [2.45, 2.75) is 46.6 Å². The summed E-state index contributed by atoms with van der Waals surface area (Å²) in [6, 6.07) is 2.27. The van der Waals surface area contributed by atoms with E-state index in [1.165, 1.54) is 5.56 Å². The standard InChI is InChI=1S/C15H23NO3/c1-10-8-13(12(3)19-10)11(2)16-7-5-6-15(4,9-16)14(17)18/h8,11H,5-7,9H2,1-4H3,(H,17,18). The third kappa shape index (κ3) is 2.68. The summed E-state index contributed by atoms with van der Waals surface area (Å²) < 4.78 is 5.58. The molecule has 0 bridgehead atoms. The molecule has 2 unspecified atom stereocenters. The highest BCUT2D eigenvalue weighted by atomic mass is 16.4. The Labute approximate surface area is 114 Å². The third-order valence-electron chi connectivity index (χ3n) is 4.32. The van der Waals surface area contributed by atoms with E-state index in [9.17, 15) is 9.90 Å². The Hall–Kier alpha value is -1.29. The smallest absolute Gasteiger partial charge is 0.310 e. The van der Waals surface area contributed by atoms with Gasteiger partial charge in [-0.15, -0.1) is 0 Å². The average molecular weight is 265 g/mol. The van der Waals surface area contributed by atoms with E-state index < -0.39 is 11.4 Å². The summed E-state index contributed by atoms with van der Waals surface area (Å²) in [5.74, 6) is 1.16. The van der Waals surface area contributed by atoms with E-state index in [-0.39, 0.29) is 6.04 Å². The zero-order chi connectivity index (χ0) is 14.2. The molecule has 1 aromatic rings. The van der Waals surface area contributed by atoms with Gasteiger partial charge in [0.15, 0.2) is 0 Å². The van der Waals surface area contributed by atoms with Crippen LogP contribution >= 0.6 is 0 Å². The van der Waals surface area contributed by atoms with Gasteiger partial charge in [-0.3, -0.25) is 9.69 Å². The van der Waals surface area contributed by atoms with Gasteiger partial charge in [-0.2, -0.15) is 0 Å². The van der Waals surface area contributed by atoms with Gasteiger partial charge in [0, 0.05) is 18.2 Å². The first-order valence-electron chi connectivity index (χ1n) is 6.88. The highest BCUT2D eigenvalue weighted by molar-refractivity contribution is 5.74. The van der Waals surface area contributed by atoms with Crippen LogP contribution in [0.2, 0.25) is 0 Å². The lowest BCUT2D eigenvalue weighted by Crippen LogP contribution is -2.46. The molecule has 1 N–H and O–H groups in total. The van der Waals surface area contributed by atoms with E-state index in [0.29, 0.717) is 6.54 Å². The van der Waals surface area contributed by atoms with Crippen molar-refractivity contribution >= 4 is 5.97 Å². The number of aliphatic carboxylic acids is 1. The van der Waals surface area contributed by atoms with Gasteiger partial charge in [0.25, 0.3) is 0 Å². The van der Waals surface area contributed by atoms with Crippen LogP contribution in [-0.4, -0.2) is 29.1 Å². The van der Waals surface area contributed by atoms with Crippen molar-refractivity contribution in [3.8, 4) is 0 Å². The first-order chi connectivity index (χ1) is 8.83. The summed E-state index contributed by atoms with van der Waals surface area (Å²) >= 11 is 0. The van der Waals surface area contributed by atoms with Crippen LogP contribution in [0.15, 0.2) is 10.5 Å². The van der Waals surface area contributed by atoms with Crippen molar-refractivity contribution in [2.75, 3.05) is 13.1 Å². The fraction of sp³-hybridized carbons (Fsp3) is 0.667. The molecule has 0 radical (unpaired) electrons. The number of likely N-dealkylation sites (tertiary alicyclic amines) is 1. The lowest BCUT2D eigenvalue weighted by Gasteiger charge is -2.40. The van der Waals surface area contributed by atoms with Crippen molar-refractivity contribution in [3.63, 3.8) is 0 Å². The number of rotatable bonds is 3. The fourth-order valence-corrected chi connectivity index (χ4v) is 3.05. The molecule has 0 amide bonds. The molecule has 1 aliphatic rings. The summed E-state index contributed by atoms with van der Waals surface area (Å²) in [6.07, 6.45) is 1.69. The van der Waals surface area contributed by atoms with Crippen LogP contribution in [0, 0.1) is 19.3 Å². The number of nitrogens with zero attached hydrogens (tertiary/aromatic N) is 1. The zero-order valence-electron chi connectivity index (χ0n) is 12.2. The average Bonchev–Trinajstić information content (AvgIpc) is 2.67. The van der Waals surface area contributed by atoms with E-state index in [4.69, 9.17) is 4.42 Å². The van der Waals surface area contributed by atoms with Crippen molar-refractivity contribution in [2.24, 2.45) is 5.41 Å². The minimum Gasteiger partial charge on any atom is -0.481 e. The second-order valence-electron chi connectivity index (χ2n) is 5.98. The highest BCUT2D eigenvalue weighted by Crippen LogP contribution is 2.35. The monoisotopic (exact) mass is 265 g/mol. The normalized spacial score (nSPS) is 26.3. The first-order valence-corrected chi connectivity index (χ1v) is 6.88. The van der Waals surface area contributed by atoms with E-state index in [2.05, 4.69) is 17.9 Å². The minimum atomic E-state index is -0.690. The van der Waals surface area contributed by atoms with Gasteiger partial charge in [-0.05, 0) is 53.1 Å². The van der Waals surface area contributed by atoms with Crippen molar-refractivity contribution in [1.29, 1.82) is 0 Å². The highest BCUT2D eigenvalue weighted by Gasteiger charge is 2.39. The lowest BCUT2D eigenvalue weighted by atomic mass is 9.81. The minimum absolute atomic E-state index is 0.205. The Morgan fingerprint density at radius 3 is 2.74 bits per heavy atom. The molecule has 1 fully saturated rings. The number of carboxylic acids is 1. The van der Waals surface area contributed by atoms with Gasteiger partial charge < -0.3 is 9.52 Å². The SMILES string of the molecule is Cc1cc(C(C)N2CCCC(C)(C(=O)O)C2)c(C)o1. The van der Waals surface area contributed by atoms with E-state index in [1.54, 1.807) is 0 Å². The summed E-state index contributed by atoms with van der Waals surface area (Å²) in [6.45, 7) is 9.45. The molecule has 0 saturated carbocycles. The predicted octanol–water partition coefficient (Wildman–Crippen LogP) is 3.14. The van der Waals surface area contributed by atoms with Crippen LogP contribution in [0.25, 0.3) is 0 Å². The molecule has 1 saturated heterocycles. The molecular weight excluding hydrogens is 242 g/mol. The summed E-state index contributed by atoms with van der Waals surface area (Å²) in [5, 5.41) is 9.38. The van der Waals surface area contributed by atoms with Crippen molar-refractivity contribution in [1.82, 2.24) is 4.90 Å².